The standard InChI is InChI=1S/C25H30N2O5/c1-3-31-25(30)23-22-19(12-14-27-13-11-18(15-27)26-16(2)28)20(29)9-10-21(22)32-24(23)17-7-5-4-6-8-17/h4-10,18,25,29-30H,3,11-15H2,1-2H3,(H,26,28)/t18-,25?/m1/s1. The Kier molecular flexibility index (Phi) is 6.79. The van der Waals surface area contributed by atoms with E-state index in [1.807, 2.05) is 37.3 Å². The van der Waals surface area contributed by atoms with Crippen molar-refractivity contribution in [2.75, 3.05) is 26.2 Å². The highest BCUT2D eigenvalue weighted by Gasteiger charge is 2.27. The molecule has 170 valence electrons. The number of nitrogens with one attached hydrogen (secondary N) is 1. The van der Waals surface area contributed by atoms with E-state index in [-0.39, 0.29) is 17.7 Å². The molecule has 2 aromatic carbocycles. The molecule has 7 nitrogen and oxygen atoms in total. The molecule has 1 fully saturated rings. The average molecular weight is 439 g/mol. The Labute approximate surface area is 187 Å². The second-order valence-corrected chi connectivity index (χ2v) is 8.19. The topological polar surface area (TPSA) is 95.2 Å². The van der Waals surface area contributed by atoms with Crippen LogP contribution in [0.1, 0.15) is 37.7 Å². The highest BCUT2D eigenvalue weighted by molar-refractivity contribution is 5.92. The molecule has 4 rings (SSSR count). The molecule has 0 aliphatic carbocycles. The summed E-state index contributed by atoms with van der Waals surface area (Å²) in [6.07, 6.45) is 0.316. The number of nitrogens with zero attached hydrogens (tertiary/aromatic N) is 1. The number of aliphatic hydroxyl groups is 1. The van der Waals surface area contributed by atoms with Crippen molar-refractivity contribution in [3.05, 3.63) is 53.6 Å². The molecule has 2 heterocycles. The second-order valence-electron chi connectivity index (χ2n) is 8.19. The van der Waals surface area contributed by atoms with Crippen LogP contribution in [0.25, 0.3) is 22.3 Å². The van der Waals surface area contributed by atoms with E-state index in [0.29, 0.717) is 35.3 Å². The summed E-state index contributed by atoms with van der Waals surface area (Å²) in [6, 6.07) is 13.1. The van der Waals surface area contributed by atoms with Crippen LogP contribution in [0, 0.1) is 0 Å². The van der Waals surface area contributed by atoms with Crippen LogP contribution in [0.4, 0.5) is 0 Å². The van der Waals surface area contributed by atoms with Gasteiger partial charge in [0.2, 0.25) is 5.91 Å². The van der Waals surface area contributed by atoms with E-state index >= 15 is 0 Å². The zero-order valence-corrected chi connectivity index (χ0v) is 18.5. The van der Waals surface area contributed by atoms with E-state index in [2.05, 4.69) is 10.2 Å². The molecule has 1 saturated heterocycles. The molecule has 7 heteroatoms. The largest absolute Gasteiger partial charge is 0.508 e. The van der Waals surface area contributed by atoms with E-state index in [1.165, 1.54) is 6.92 Å². The minimum Gasteiger partial charge on any atom is -0.508 e. The molecule has 1 unspecified atom stereocenters. The summed E-state index contributed by atoms with van der Waals surface area (Å²) in [5, 5.41) is 25.3. The maximum Gasteiger partial charge on any atom is 0.217 e. The number of benzene rings is 2. The highest BCUT2D eigenvalue weighted by Crippen LogP contribution is 2.42. The molecular formula is C25H30N2O5. The average Bonchev–Trinajstić information content (AvgIpc) is 3.38. The van der Waals surface area contributed by atoms with Crippen molar-refractivity contribution in [3.8, 4) is 17.1 Å². The Morgan fingerprint density at radius 3 is 2.78 bits per heavy atom. The number of furan rings is 1. The van der Waals surface area contributed by atoms with Crippen LogP contribution in [0.3, 0.4) is 0 Å². The first-order valence-corrected chi connectivity index (χ1v) is 11.1. The molecule has 2 atom stereocenters. The van der Waals surface area contributed by atoms with Crippen molar-refractivity contribution in [2.45, 2.75) is 39.0 Å². The van der Waals surface area contributed by atoms with Gasteiger partial charge in [-0.05, 0) is 31.9 Å². The third-order valence-corrected chi connectivity index (χ3v) is 5.94. The van der Waals surface area contributed by atoms with E-state index in [9.17, 15) is 15.0 Å². The van der Waals surface area contributed by atoms with Gasteiger partial charge in [-0.25, -0.2) is 0 Å². The van der Waals surface area contributed by atoms with Crippen LogP contribution in [0.15, 0.2) is 46.9 Å². The van der Waals surface area contributed by atoms with Gasteiger partial charge in [-0.3, -0.25) is 4.79 Å². The van der Waals surface area contributed by atoms with Gasteiger partial charge in [0.05, 0.1) is 5.56 Å². The maximum absolute atomic E-state index is 11.3. The first-order valence-electron chi connectivity index (χ1n) is 11.1. The molecule has 3 N–H and O–H groups in total. The number of carbonyl (C=O) groups is 1. The summed E-state index contributed by atoms with van der Waals surface area (Å²) in [6.45, 7) is 6.09. The predicted octanol–water partition coefficient (Wildman–Crippen LogP) is 3.59. The number of fused-ring (bicyclic) bond motifs is 1. The number of hydrogen-bond acceptors (Lipinski definition) is 6. The third-order valence-electron chi connectivity index (χ3n) is 5.94. The van der Waals surface area contributed by atoms with Gasteiger partial charge >= 0.3 is 0 Å². The van der Waals surface area contributed by atoms with E-state index in [4.69, 9.17) is 9.15 Å². The Morgan fingerprint density at radius 1 is 1.28 bits per heavy atom. The molecule has 32 heavy (non-hydrogen) atoms. The molecular weight excluding hydrogens is 408 g/mol. The lowest BCUT2D eigenvalue weighted by Gasteiger charge is -2.18. The highest BCUT2D eigenvalue weighted by atomic mass is 16.6. The molecule has 1 aliphatic heterocycles. The van der Waals surface area contributed by atoms with Gasteiger partial charge in [0.25, 0.3) is 0 Å². The molecule has 0 radical (unpaired) electrons. The minimum atomic E-state index is -1.17. The zero-order chi connectivity index (χ0) is 22.7. The summed E-state index contributed by atoms with van der Waals surface area (Å²) in [5.41, 5.74) is 2.70. The summed E-state index contributed by atoms with van der Waals surface area (Å²) in [5.74, 6) is 0.696. The SMILES string of the molecule is CCOC(O)c1c(-c2ccccc2)oc2ccc(O)c(CCN3CC[C@@H](NC(C)=O)C3)c12. The number of aliphatic hydroxyl groups excluding tert-OH is 1. The first kappa shape index (κ1) is 22.3. The number of likely N-dealkylation sites (tertiary alicyclic amines) is 1. The van der Waals surface area contributed by atoms with Gasteiger partial charge in [-0.2, -0.15) is 0 Å². The third kappa shape index (κ3) is 4.65. The van der Waals surface area contributed by atoms with Gasteiger partial charge in [0.15, 0.2) is 6.29 Å². The van der Waals surface area contributed by atoms with Gasteiger partial charge < -0.3 is 29.6 Å². The number of hydrogen-bond donors (Lipinski definition) is 3. The summed E-state index contributed by atoms with van der Waals surface area (Å²) >= 11 is 0. The molecule has 1 aliphatic rings. The second kappa shape index (κ2) is 9.73. The lowest BCUT2D eigenvalue weighted by atomic mass is 9.98. The van der Waals surface area contributed by atoms with Gasteiger partial charge in [-0.1, -0.05) is 30.3 Å². The van der Waals surface area contributed by atoms with Crippen LogP contribution < -0.4 is 5.32 Å². The number of rotatable bonds is 8. The lowest BCUT2D eigenvalue weighted by Crippen LogP contribution is -2.35. The molecule has 3 aromatic rings. The normalized spacial score (nSPS) is 17.7. The fourth-order valence-corrected chi connectivity index (χ4v) is 4.52. The summed E-state index contributed by atoms with van der Waals surface area (Å²) in [7, 11) is 0. The fraction of sp³-hybridized carbons (Fsp3) is 0.400. The molecule has 0 bridgehead atoms. The van der Waals surface area contributed by atoms with Crippen molar-refractivity contribution in [1.82, 2.24) is 10.2 Å². The number of amides is 1. The first-order chi connectivity index (χ1) is 15.5. The van der Waals surface area contributed by atoms with Crippen LogP contribution in [0.5, 0.6) is 5.75 Å². The van der Waals surface area contributed by atoms with Crippen molar-refractivity contribution in [3.63, 3.8) is 0 Å². The number of ether oxygens (including phenoxy) is 1. The van der Waals surface area contributed by atoms with Gasteiger partial charge in [0, 0.05) is 55.7 Å². The molecule has 0 saturated carbocycles. The smallest absolute Gasteiger partial charge is 0.217 e. The minimum absolute atomic E-state index is 0.0133. The maximum atomic E-state index is 11.3. The zero-order valence-electron chi connectivity index (χ0n) is 18.5. The van der Waals surface area contributed by atoms with Crippen molar-refractivity contribution in [2.24, 2.45) is 0 Å². The predicted molar refractivity (Wildman–Crippen MR) is 122 cm³/mol. The van der Waals surface area contributed by atoms with E-state index in [1.54, 1.807) is 12.1 Å². The molecule has 1 aromatic heterocycles. The Morgan fingerprint density at radius 2 is 2.06 bits per heavy atom. The monoisotopic (exact) mass is 438 g/mol. The van der Waals surface area contributed by atoms with E-state index in [0.717, 1.165) is 37.2 Å². The van der Waals surface area contributed by atoms with Crippen molar-refractivity contribution >= 4 is 16.9 Å². The summed E-state index contributed by atoms with van der Waals surface area (Å²) in [4.78, 5) is 13.6. The van der Waals surface area contributed by atoms with Crippen LogP contribution in [0.2, 0.25) is 0 Å². The summed E-state index contributed by atoms with van der Waals surface area (Å²) < 4.78 is 11.7. The fourth-order valence-electron chi connectivity index (χ4n) is 4.52. The number of carbonyl (C=O) groups excluding carboxylic acids is 1. The van der Waals surface area contributed by atoms with Crippen molar-refractivity contribution in [1.29, 1.82) is 0 Å². The van der Waals surface area contributed by atoms with Crippen molar-refractivity contribution < 1.29 is 24.2 Å². The van der Waals surface area contributed by atoms with Gasteiger partial charge in [-0.15, -0.1) is 0 Å². The number of aromatic hydroxyl groups is 1. The van der Waals surface area contributed by atoms with Crippen LogP contribution >= 0.6 is 0 Å². The van der Waals surface area contributed by atoms with Crippen LogP contribution in [-0.2, 0) is 16.0 Å². The quantitative estimate of drug-likeness (QED) is 0.465. The lowest BCUT2D eigenvalue weighted by molar-refractivity contribution is -0.119. The number of phenolic OH excluding ortho intramolecular Hbond substituents is 1. The molecule has 0 spiro atoms. The Bertz CT molecular complexity index is 1080. The number of phenols is 1. The van der Waals surface area contributed by atoms with Crippen LogP contribution in [-0.4, -0.2) is 53.3 Å². The Balaban J connectivity index is 1.69. The Hall–Kier alpha value is -2.87. The van der Waals surface area contributed by atoms with E-state index < -0.39 is 6.29 Å². The molecule has 1 amide bonds. The van der Waals surface area contributed by atoms with Gasteiger partial charge in [0.1, 0.15) is 17.1 Å².